The van der Waals surface area contributed by atoms with Crippen LogP contribution >= 0.6 is 0 Å². The van der Waals surface area contributed by atoms with E-state index in [0.717, 1.165) is 111 Å². The first-order valence-electron chi connectivity index (χ1n) is 25.9. The molecule has 0 saturated carbocycles. The number of nitrogens with zero attached hydrogens (tertiary/aromatic N) is 5. The molecule has 0 fully saturated rings. The number of benzene rings is 11. The van der Waals surface area contributed by atoms with Gasteiger partial charge in [0, 0.05) is 65.6 Å². The van der Waals surface area contributed by atoms with Crippen molar-refractivity contribution in [1.29, 1.82) is 5.26 Å². The molecule has 0 aliphatic heterocycles. The van der Waals surface area contributed by atoms with E-state index in [1.807, 2.05) is 115 Å². The second-order valence-electron chi connectivity index (χ2n) is 20.2. The first-order chi connectivity index (χ1) is 38.9. The van der Waals surface area contributed by atoms with Crippen LogP contribution in [0.2, 0.25) is 0 Å². The Morgan fingerprint density at radius 1 is 0.300 bits per heavy atom. The number of para-hydroxylation sites is 6. The molecule has 0 atom stereocenters. The number of aromatic nitrogens is 4. The summed E-state index contributed by atoms with van der Waals surface area (Å²) in [6.07, 6.45) is -10.2. The van der Waals surface area contributed by atoms with Gasteiger partial charge in [-0.2, -0.15) is 31.6 Å². The van der Waals surface area contributed by atoms with Gasteiger partial charge in [0.1, 0.15) is 0 Å². The summed E-state index contributed by atoms with van der Waals surface area (Å²) in [6.45, 7) is 0. The van der Waals surface area contributed by atoms with Gasteiger partial charge >= 0.3 is 12.4 Å². The Morgan fingerprint density at radius 3 is 1.14 bits per heavy atom. The lowest BCUT2D eigenvalue weighted by molar-refractivity contribution is -0.143. The Bertz CT molecular complexity index is 5070. The minimum absolute atomic E-state index is 0.0858. The molecular weight excluding hydrogens is 1010 g/mol. The fourth-order valence-electron chi connectivity index (χ4n) is 12.4. The summed E-state index contributed by atoms with van der Waals surface area (Å²) < 4.78 is 96.8. The van der Waals surface area contributed by atoms with E-state index in [1.165, 1.54) is 0 Å². The van der Waals surface area contributed by atoms with E-state index < -0.39 is 23.5 Å². The molecule has 0 bridgehead atoms. The molecule has 5 nitrogen and oxygen atoms in total. The van der Waals surface area contributed by atoms with Gasteiger partial charge in [0.25, 0.3) is 0 Å². The molecule has 4 aromatic heterocycles. The standard InChI is InChI=1S/C69H39F6N5/c70-68(71,72)44-32-43(33-45(35-44)69(73,74)75)41-30-31-61(79-59-27-13-9-23-50(59)54-36-52-48-21-7-11-25-57(48)77(63(52)38-65(54)79)46-17-3-1-4-18-46)56(34-41)67-42(40-76)16-15-29-62(67)80-60-28-14-10-24-51(60)55-37-53-49-22-8-12-26-58(49)78(64(53)39-66(55)80)47-19-5-2-6-20-47/h1-39H. The monoisotopic (exact) mass is 1050 g/mol. The van der Waals surface area contributed by atoms with Crippen LogP contribution in [0.3, 0.4) is 0 Å². The van der Waals surface area contributed by atoms with Crippen molar-refractivity contribution in [2.75, 3.05) is 0 Å². The summed E-state index contributed by atoms with van der Waals surface area (Å²) in [5, 5.41) is 19.3. The molecule has 80 heavy (non-hydrogen) atoms. The van der Waals surface area contributed by atoms with Crippen LogP contribution in [0.1, 0.15) is 16.7 Å². The maximum absolute atomic E-state index is 14.7. The molecule has 0 radical (unpaired) electrons. The highest BCUT2D eigenvalue weighted by atomic mass is 19.4. The van der Waals surface area contributed by atoms with Gasteiger partial charge in [0.2, 0.25) is 0 Å². The molecule has 0 saturated heterocycles. The Morgan fingerprint density at radius 2 is 0.700 bits per heavy atom. The Labute approximate surface area is 451 Å². The van der Waals surface area contributed by atoms with Crippen LogP contribution in [-0.2, 0) is 12.4 Å². The molecule has 0 N–H and O–H groups in total. The third kappa shape index (κ3) is 7.05. The fourth-order valence-corrected chi connectivity index (χ4v) is 12.4. The van der Waals surface area contributed by atoms with E-state index in [-0.39, 0.29) is 22.8 Å². The number of alkyl halides is 6. The van der Waals surface area contributed by atoms with E-state index in [2.05, 4.69) is 103 Å². The topological polar surface area (TPSA) is 43.5 Å². The second kappa shape index (κ2) is 17.3. The van der Waals surface area contributed by atoms with Gasteiger partial charge in [-0.25, -0.2) is 0 Å². The molecule has 11 aromatic carbocycles. The average Bonchev–Trinajstić information content (AvgIpc) is 4.00. The Kier molecular flexibility index (Phi) is 10.2. The molecule has 0 aliphatic rings. The van der Waals surface area contributed by atoms with E-state index in [0.29, 0.717) is 22.5 Å². The van der Waals surface area contributed by atoms with Gasteiger partial charge in [0.15, 0.2) is 0 Å². The van der Waals surface area contributed by atoms with Gasteiger partial charge in [-0.1, -0.05) is 121 Å². The quantitative estimate of drug-likeness (QED) is 0.153. The first-order valence-corrected chi connectivity index (χ1v) is 25.9. The number of hydrogen-bond donors (Lipinski definition) is 0. The lowest BCUT2D eigenvalue weighted by Gasteiger charge is -2.21. The summed E-state index contributed by atoms with van der Waals surface area (Å²) in [5.41, 5.74) is 8.09. The predicted molar refractivity (Wildman–Crippen MR) is 309 cm³/mol. The van der Waals surface area contributed by atoms with Gasteiger partial charge in [0.05, 0.1) is 78.3 Å². The molecule has 0 unspecified atom stereocenters. The van der Waals surface area contributed by atoms with Gasteiger partial charge in [-0.3, -0.25) is 0 Å². The number of nitriles is 1. The number of halogens is 6. The number of fused-ring (bicyclic) bond motifs is 12. The normalized spacial score (nSPS) is 12.4. The van der Waals surface area contributed by atoms with Gasteiger partial charge < -0.3 is 18.3 Å². The number of hydrogen-bond acceptors (Lipinski definition) is 1. The highest BCUT2D eigenvalue weighted by Gasteiger charge is 2.37. The minimum atomic E-state index is -5.09. The highest BCUT2D eigenvalue weighted by Crippen LogP contribution is 2.48. The molecule has 11 heteroatoms. The predicted octanol–water partition coefficient (Wildman–Crippen LogP) is 19.3. The number of rotatable bonds is 6. The van der Waals surface area contributed by atoms with Crippen molar-refractivity contribution in [3.05, 3.63) is 253 Å². The zero-order valence-corrected chi connectivity index (χ0v) is 42.0. The lowest BCUT2D eigenvalue weighted by atomic mass is 9.91. The van der Waals surface area contributed by atoms with Crippen LogP contribution in [0.25, 0.3) is 132 Å². The molecule has 15 rings (SSSR count). The van der Waals surface area contributed by atoms with Gasteiger partial charge in [-0.05, 0) is 126 Å². The van der Waals surface area contributed by atoms with E-state index in [9.17, 15) is 31.6 Å². The highest BCUT2D eigenvalue weighted by molar-refractivity contribution is 6.21. The van der Waals surface area contributed by atoms with Crippen molar-refractivity contribution in [1.82, 2.24) is 18.3 Å². The van der Waals surface area contributed by atoms with Crippen LogP contribution in [0.5, 0.6) is 0 Å². The van der Waals surface area contributed by atoms with Gasteiger partial charge in [-0.15, -0.1) is 0 Å². The summed E-state index contributed by atoms with van der Waals surface area (Å²) in [6, 6.07) is 76.0. The summed E-state index contributed by atoms with van der Waals surface area (Å²) >= 11 is 0. The maximum atomic E-state index is 14.7. The van der Waals surface area contributed by atoms with E-state index >= 15 is 0 Å². The summed E-state index contributed by atoms with van der Waals surface area (Å²) in [7, 11) is 0. The fraction of sp³-hybridized carbons (Fsp3) is 0.0290. The molecule has 382 valence electrons. The van der Waals surface area contributed by atoms with Crippen molar-refractivity contribution < 1.29 is 26.3 Å². The Hall–Kier alpha value is -10.3. The van der Waals surface area contributed by atoms with Crippen LogP contribution in [0.15, 0.2) is 237 Å². The lowest BCUT2D eigenvalue weighted by Crippen LogP contribution is -2.11. The largest absolute Gasteiger partial charge is 0.416 e. The minimum Gasteiger partial charge on any atom is -0.309 e. The summed E-state index contributed by atoms with van der Waals surface area (Å²) in [5.74, 6) is 0. The molecule has 0 spiro atoms. The van der Waals surface area contributed by atoms with Crippen LogP contribution < -0.4 is 0 Å². The molecule has 15 aromatic rings. The zero-order valence-electron chi connectivity index (χ0n) is 42.0. The van der Waals surface area contributed by atoms with Crippen molar-refractivity contribution in [2.24, 2.45) is 0 Å². The van der Waals surface area contributed by atoms with Crippen molar-refractivity contribution in [2.45, 2.75) is 12.4 Å². The average molecular weight is 1050 g/mol. The molecular formula is C69H39F6N5. The van der Waals surface area contributed by atoms with E-state index in [4.69, 9.17) is 0 Å². The molecule has 0 amide bonds. The third-order valence-electron chi connectivity index (χ3n) is 15.8. The third-order valence-corrected chi connectivity index (χ3v) is 15.8. The Balaban J connectivity index is 1.08. The first kappa shape index (κ1) is 46.9. The van der Waals surface area contributed by atoms with Crippen LogP contribution in [0, 0.1) is 11.3 Å². The second-order valence-corrected chi connectivity index (χ2v) is 20.2. The molecule has 4 heterocycles. The summed E-state index contributed by atoms with van der Waals surface area (Å²) in [4.78, 5) is 0. The van der Waals surface area contributed by atoms with Crippen molar-refractivity contribution in [3.8, 4) is 51.1 Å². The van der Waals surface area contributed by atoms with Crippen LogP contribution in [0.4, 0.5) is 26.3 Å². The SMILES string of the molecule is N#Cc1cccc(-n2c3ccccc3c3cc4c5ccccc5n(-c5ccccc5)c4cc32)c1-c1cc(-c2cc(C(F)(F)F)cc(C(F)(F)F)c2)ccc1-n1c2ccccc2c2cc3c4ccccc4n(-c4ccccc4)c3cc21. The van der Waals surface area contributed by atoms with Crippen LogP contribution in [-0.4, -0.2) is 18.3 Å². The zero-order chi connectivity index (χ0) is 54.2. The smallest absolute Gasteiger partial charge is 0.309 e. The van der Waals surface area contributed by atoms with E-state index in [1.54, 1.807) is 24.3 Å². The van der Waals surface area contributed by atoms with Crippen molar-refractivity contribution in [3.63, 3.8) is 0 Å². The maximum Gasteiger partial charge on any atom is 0.416 e. The molecule has 0 aliphatic carbocycles. The van der Waals surface area contributed by atoms with Crippen molar-refractivity contribution >= 4 is 87.2 Å².